The summed E-state index contributed by atoms with van der Waals surface area (Å²) in [5, 5.41) is 10.3. The van der Waals surface area contributed by atoms with Crippen LogP contribution in [0.3, 0.4) is 0 Å². The van der Waals surface area contributed by atoms with Crippen molar-refractivity contribution in [3.05, 3.63) is 24.3 Å². The van der Waals surface area contributed by atoms with Gasteiger partial charge < -0.3 is 19.6 Å². The summed E-state index contributed by atoms with van der Waals surface area (Å²) in [5.74, 6) is -1.84. The Morgan fingerprint density at radius 2 is 1.94 bits per heavy atom. The first-order valence-electron chi connectivity index (χ1n) is 12.1. The molecule has 0 aromatic carbocycles. The van der Waals surface area contributed by atoms with E-state index < -0.39 is 33.4 Å². The highest BCUT2D eigenvalue weighted by atomic mass is 32.2. The standard InChI is InChI=1S/C25H36N2O5S/c1-5-6-11-26-12-7-10-25-18(19-23(31)32-13-8-9-24(19,4)33-25)21(29)27(20(25)22(26)30)17(15-28)14-16(2)3/h7-10,16-20,28H,5-6,11-15H2,1-4H3/t17-,18+,19-,20?,24+,25+/m1/s1. The minimum atomic E-state index is -0.875. The average Bonchev–Trinajstić information content (AvgIpc) is 3.03. The van der Waals surface area contributed by atoms with Gasteiger partial charge in [-0.2, -0.15) is 0 Å². The minimum Gasteiger partial charge on any atom is -0.461 e. The van der Waals surface area contributed by atoms with E-state index in [0.29, 0.717) is 19.5 Å². The van der Waals surface area contributed by atoms with E-state index in [4.69, 9.17) is 4.74 Å². The Hall–Kier alpha value is -1.80. The van der Waals surface area contributed by atoms with Crippen LogP contribution in [-0.4, -0.2) is 80.6 Å². The van der Waals surface area contributed by atoms with Gasteiger partial charge in [0.15, 0.2) is 0 Å². The van der Waals surface area contributed by atoms with Gasteiger partial charge in [-0.05, 0) is 31.8 Å². The number of nitrogens with zero attached hydrogens (tertiary/aromatic N) is 2. The lowest BCUT2D eigenvalue weighted by Gasteiger charge is -2.40. The second-order valence-corrected chi connectivity index (χ2v) is 12.1. The number of aliphatic hydroxyl groups excluding tert-OH is 1. The van der Waals surface area contributed by atoms with E-state index in [9.17, 15) is 19.5 Å². The summed E-state index contributed by atoms with van der Waals surface area (Å²) in [4.78, 5) is 44.8. The first kappa shape index (κ1) is 24.3. The Morgan fingerprint density at radius 3 is 2.61 bits per heavy atom. The lowest BCUT2D eigenvalue weighted by molar-refractivity contribution is -0.153. The molecule has 7 nitrogen and oxygen atoms in total. The molecule has 4 aliphatic rings. The Kier molecular flexibility index (Phi) is 6.71. The van der Waals surface area contributed by atoms with Crippen molar-refractivity contribution < 1.29 is 24.2 Å². The van der Waals surface area contributed by atoms with E-state index in [1.165, 1.54) is 0 Å². The first-order chi connectivity index (χ1) is 15.7. The van der Waals surface area contributed by atoms with Gasteiger partial charge in [-0.3, -0.25) is 14.4 Å². The predicted molar refractivity (Wildman–Crippen MR) is 127 cm³/mol. The van der Waals surface area contributed by atoms with Crippen molar-refractivity contribution in [2.24, 2.45) is 17.8 Å². The van der Waals surface area contributed by atoms with Gasteiger partial charge in [0.25, 0.3) is 0 Å². The van der Waals surface area contributed by atoms with Gasteiger partial charge >= 0.3 is 5.97 Å². The molecule has 4 aliphatic heterocycles. The molecule has 0 aromatic heterocycles. The van der Waals surface area contributed by atoms with E-state index in [0.717, 1.165) is 12.8 Å². The molecule has 0 bridgehead atoms. The molecule has 4 rings (SSSR count). The highest BCUT2D eigenvalue weighted by Crippen LogP contribution is 2.65. The maximum Gasteiger partial charge on any atom is 0.311 e. The van der Waals surface area contributed by atoms with Crippen LogP contribution < -0.4 is 0 Å². The molecule has 182 valence electrons. The summed E-state index contributed by atoms with van der Waals surface area (Å²) in [7, 11) is 0. The number of amides is 2. The molecule has 1 unspecified atom stereocenters. The first-order valence-corrected chi connectivity index (χ1v) is 13.0. The molecule has 0 saturated carbocycles. The molecule has 1 N–H and O–H groups in total. The van der Waals surface area contributed by atoms with Crippen LogP contribution in [0.5, 0.6) is 0 Å². The number of ether oxygens (including phenoxy) is 1. The lowest BCUT2D eigenvalue weighted by atomic mass is 9.75. The van der Waals surface area contributed by atoms with Crippen LogP contribution in [-0.2, 0) is 19.1 Å². The van der Waals surface area contributed by atoms with Crippen molar-refractivity contribution in [1.82, 2.24) is 9.80 Å². The number of cyclic esters (lactones) is 1. The van der Waals surface area contributed by atoms with Gasteiger partial charge in [0.05, 0.1) is 29.2 Å². The number of thioether (sulfide) groups is 1. The maximum atomic E-state index is 14.1. The molecule has 1 spiro atoms. The fourth-order valence-corrected chi connectivity index (χ4v) is 8.24. The number of carbonyl (C=O) groups is 3. The molecule has 2 fully saturated rings. The zero-order valence-corrected chi connectivity index (χ0v) is 20.8. The van der Waals surface area contributed by atoms with Crippen LogP contribution in [0.1, 0.15) is 47.0 Å². The van der Waals surface area contributed by atoms with Crippen molar-refractivity contribution in [2.75, 3.05) is 26.3 Å². The average molecular weight is 477 g/mol. The molecule has 2 amide bonds. The largest absolute Gasteiger partial charge is 0.461 e. The van der Waals surface area contributed by atoms with Crippen molar-refractivity contribution in [3.63, 3.8) is 0 Å². The zero-order valence-electron chi connectivity index (χ0n) is 20.0. The fraction of sp³-hybridized carbons (Fsp3) is 0.720. The normalized spacial score (nSPS) is 36.4. The molecular weight excluding hydrogens is 440 g/mol. The maximum absolute atomic E-state index is 14.1. The van der Waals surface area contributed by atoms with Gasteiger partial charge in [0, 0.05) is 17.8 Å². The van der Waals surface area contributed by atoms with Gasteiger partial charge in [-0.15, -0.1) is 11.8 Å². The quantitative estimate of drug-likeness (QED) is 0.449. The summed E-state index contributed by atoms with van der Waals surface area (Å²) >= 11 is 1.55. The van der Waals surface area contributed by atoms with E-state index >= 15 is 0 Å². The SMILES string of the molecule is CCCCN1CC=C[C@]23S[C@@]4(C)C=CCOC(=O)[C@H]4[C@H]2C(=O)N([C@@H](CO)CC(C)C)C3C1=O. The predicted octanol–water partition coefficient (Wildman–Crippen LogP) is 2.39. The van der Waals surface area contributed by atoms with Crippen molar-refractivity contribution in [3.8, 4) is 0 Å². The highest BCUT2D eigenvalue weighted by molar-refractivity contribution is 8.02. The van der Waals surface area contributed by atoms with Gasteiger partial charge in [-0.1, -0.05) is 45.4 Å². The molecule has 2 saturated heterocycles. The fourth-order valence-electron chi connectivity index (χ4n) is 6.11. The third kappa shape index (κ3) is 3.83. The van der Waals surface area contributed by atoms with Crippen molar-refractivity contribution >= 4 is 29.5 Å². The molecule has 0 aliphatic carbocycles. The number of hydrogen-bond donors (Lipinski definition) is 1. The second-order valence-electron chi connectivity index (χ2n) is 10.3. The van der Waals surface area contributed by atoms with E-state index in [2.05, 4.69) is 6.92 Å². The number of fused-ring (bicyclic) bond motifs is 2. The topological polar surface area (TPSA) is 87.2 Å². The lowest BCUT2D eigenvalue weighted by Crippen LogP contribution is -2.57. The summed E-state index contributed by atoms with van der Waals surface area (Å²) in [6.45, 7) is 9.24. The van der Waals surface area contributed by atoms with E-state index in [1.807, 2.05) is 50.0 Å². The van der Waals surface area contributed by atoms with E-state index in [1.54, 1.807) is 16.7 Å². The number of hydrogen-bond acceptors (Lipinski definition) is 6. The van der Waals surface area contributed by atoms with Crippen LogP contribution in [0, 0.1) is 17.8 Å². The van der Waals surface area contributed by atoms with E-state index in [-0.39, 0.29) is 36.9 Å². The highest BCUT2D eigenvalue weighted by Gasteiger charge is 2.74. The van der Waals surface area contributed by atoms with Crippen LogP contribution in [0.15, 0.2) is 24.3 Å². The Labute approximate surface area is 200 Å². The molecule has 6 atom stereocenters. The van der Waals surface area contributed by atoms with Crippen LogP contribution in [0.4, 0.5) is 0 Å². The Bertz CT molecular complexity index is 873. The number of likely N-dealkylation sites (tertiary alicyclic amines) is 1. The van der Waals surface area contributed by atoms with Gasteiger partial charge in [0.1, 0.15) is 12.6 Å². The molecule has 33 heavy (non-hydrogen) atoms. The zero-order chi connectivity index (χ0) is 24.0. The smallest absolute Gasteiger partial charge is 0.311 e. The molecule has 0 aromatic rings. The summed E-state index contributed by atoms with van der Waals surface area (Å²) < 4.78 is 3.94. The summed E-state index contributed by atoms with van der Waals surface area (Å²) in [6.07, 6.45) is 10.3. The van der Waals surface area contributed by atoms with Gasteiger partial charge in [0.2, 0.25) is 11.8 Å². The van der Waals surface area contributed by atoms with Crippen LogP contribution in [0.2, 0.25) is 0 Å². The number of carbonyl (C=O) groups excluding carboxylic acids is 3. The summed E-state index contributed by atoms with van der Waals surface area (Å²) in [6, 6.07) is -1.23. The number of aliphatic hydroxyl groups is 1. The molecule has 4 heterocycles. The number of rotatable bonds is 7. The molecular formula is C25H36N2O5S. The Morgan fingerprint density at radius 1 is 1.18 bits per heavy atom. The number of esters is 1. The number of unbranched alkanes of at least 4 members (excludes halogenated alkanes) is 1. The monoisotopic (exact) mass is 476 g/mol. The molecule has 8 heteroatoms. The minimum absolute atomic E-state index is 0.0867. The third-order valence-electron chi connectivity index (χ3n) is 7.46. The third-order valence-corrected chi connectivity index (χ3v) is 9.26. The summed E-state index contributed by atoms with van der Waals surface area (Å²) in [5.41, 5.74) is 0. The second kappa shape index (κ2) is 9.10. The van der Waals surface area contributed by atoms with Gasteiger partial charge in [-0.25, -0.2) is 0 Å². The van der Waals surface area contributed by atoms with Crippen molar-refractivity contribution in [1.29, 1.82) is 0 Å². The van der Waals surface area contributed by atoms with Crippen molar-refractivity contribution in [2.45, 2.75) is 68.5 Å². The van der Waals surface area contributed by atoms with Crippen LogP contribution >= 0.6 is 11.8 Å². The molecule has 0 radical (unpaired) electrons. The Balaban J connectivity index is 1.86. The van der Waals surface area contributed by atoms with Crippen LogP contribution in [0.25, 0.3) is 0 Å².